The van der Waals surface area contributed by atoms with Crippen molar-refractivity contribution in [3.8, 4) is 0 Å². The first-order valence-electron chi connectivity index (χ1n) is 8.11. The Labute approximate surface area is 149 Å². The molecule has 7 nitrogen and oxygen atoms in total. The molecule has 1 aliphatic rings. The van der Waals surface area contributed by atoms with E-state index in [1.165, 1.54) is 11.3 Å². The number of fused-ring (bicyclic) bond motifs is 1. The van der Waals surface area contributed by atoms with E-state index in [1.807, 2.05) is 6.07 Å². The largest absolute Gasteiger partial charge is 0.356 e. The molecule has 1 fully saturated rings. The molecule has 1 atom stereocenters. The van der Waals surface area contributed by atoms with Gasteiger partial charge in [-0.05, 0) is 12.5 Å². The summed E-state index contributed by atoms with van der Waals surface area (Å²) in [4.78, 5) is 35.4. The lowest BCUT2D eigenvalue weighted by molar-refractivity contribution is 0.0831. The maximum absolute atomic E-state index is 12.7. The molecule has 0 aromatic carbocycles. The number of aromatic nitrogens is 4. The van der Waals surface area contributed by atoms with Gasteiger partial charge in [0.1, 0.15) is 22.5 Å². The molecule has 0 spiro atoms. The van der Waals surface area contributed by atoms with Crippen LogP contribution in [0, 0.1) is 0 Å². The summed E-state index contributed by atoms with van der Waals surface area (Å²) >= 11 is 1.44. The predicted octanol–water partition coefficient (Wildman–Crippen LogP) is 2.18. The minimum Gasteiger partial charge on any atom is -0.356 e. The van der Waals surface area contributed by atoms with E-state index in [-0.39, 0.29) is 11.8 Å². The van der Waals surface area contributed by atoms with Gasteiger partial charge in [0.05, 0.1) is 4.88 Å². The van der Waals surface area contributed by atoms with E-state index >= 15 is 0 Å². The quantitative estimate of drug-likeness (QED) is 0.718. The van der Waals surface area contributed by atoms with Crippen molar-refractivity contribution in [3.63, 3.8) is 0 Å². The molecular formula is C17H18N6OS. The molecule has 3 aromatic rings. The lowest BCUT2D eigenvalue weighted by Gasteiger charge is -2.18. The fourth-order valence-electron chi connectivity index (χ4n) is 3.26. The Bertz CT molecular complexity index is 910. The number of carbonyl (C=O) groups is 1. The van der Waals surface area contributed by atoms with Crippen LogP contribution >= 0.6 is 11.3 Å². The van der Waals surface area contributed by atoms with Gasteiger partial charge in [-0.15, -0.1) is 11.3 Å². The topological polar surface area (TPSA) is 75.1 Å². The summed E-state index contributed by atoms with van der Waals surface area (Å²) in [7, 11) is 3.55. The third-order valence-electron chi connectivity index (χ3n) is 4.45. The highest BCUT2D eigenvalue weighted by molar-refractivity contribution is 7.20. The van der Waals surface area contributed by atoms with Crippen molar-refractivity contribution < 1.29 is 4.79 Å². The van der Waals surface area contributed by atoms with Crippen LogP contribution in [0.1, 0.15) is 27.6 Å². The molecule has 8 heteroatoms. The molecule has 0 saturated carbocycles. The van der Waals surface area contributed by atoms with E-state index < -0.39 is 0 Å². The number of nitrogens with zero attached hydrogens (tertiary/aromatic N) is 6. The molecule has 4 heterocycles. The number of carbonyl (C=O) groups excluding carboxylic acids is 1. The Hall–Kier alpha value is -2.61. The molecule has 3 aromatic heterocycles. The van der Waals surface area contributed by atoms with Gasteiger partial charge in [0, 0.05) is 57.3 Å². The van der Waals surface area contributed by atoms with Crippen molar-refractivity contribution in [2.45, 2.75) is 12.3 Å². The Morgan fingerprint density at radius 3 is 2.84 bits per heavy atom. The van der Waals surface area contributed by atoms with Crippen LogP contribution in [-0.2, 0) is 0 Å². The van der Waals surface area contributed by atoms with Crippen molar-refractivity contribution in [1.82, 2.24) is 24.8 Å². The third kappa shape index (κ3) is 2.82. The number of thiophene rings is 1. The van der Waals surface area contributed by atoms with Gasteiger partial charge in [-0.25, -0.2) is 15.0 Å². The SMILES string of the molecule is CN(C)C(=O)c1sc2nccnc2c1[C@@H]1CCN(c2ccncn2)C1. The van der Waals surface area contributed by atoms with Gasteiger partial charge in [0.15, 0.2) is 0 Å². The standard InChI is InChI=1S/C17H18N6OS/c1-22(2)17(24)15-13(14-16(25-15)20-7-6-19-14)11-4-8-23(9-11)12-3-5-18-10-21-12/h3,5-7,10-11H,4,8-9H2,1-2H3/t11-/m1/s1. The summed E-state index contributed by atoms with van der Waals surface area (Å²) < 4.78 is 0. The van der Waals surface area contributed by atoms with Crippen molar-refractivity contribution in [3.05, 3.63) is 41.4 Å². The molecule has 25 heavy (non-hydrogen) atoms. The second-order valence-electron chi connectivity index (χ2n) is 6.25. The van der Waals surface area contributed by atoms with Crippen LogP contribution in [-0.4, -0.2) is 57.9 Å². The van der Waals surface area contributed by atoms with Crippen LogP contribution in [0.4, 0.5) is 5.82 Å². The second-order valence-corrected chi connectivity index (χ2v) is 7.25. The van der Waals surface area contributed by atoms with E-state index in [1.54, 1.807) is 43.9 Å². The summed E-state index contributed by atoms with van der Waals surface area (Å²) in [5.41, 5.74) is 1.88. The maximum Gasteiger partial charge on any atom is 0.263 e. The van der Waals surface area contributed by atoms with Crippen LogP contribution in [0.25, 0.3) is 10.3 Å². The number of rotatable bonds is 3. The summed E-state index contributed by atoms with van der Waals surface area (Å²) in [5.74, 6) is 1.17. The number of hydrogen-bond donors (Lipinski definition) is 0. The molecule has 4 rings (SSSR count). The van der Waals surface area contributed by atoms with Crippen LogP contribution < -0.4 is 4.90 Å². The monoisotopic (exact) mass is 354 g/mol. The Morgan fingerprint density at radius 1 is 1.24 bits per heavy atom. The van der Waals surface area contributed by atoms with E-state index in [9.17, 15) is 4.79 Å². The average molecular weight is 354 g/mol. The van der Waals surface area contributed by atoms with Gasteiger partial charge in [0.2, 0.25) is 0 Å². The van der Waals surface area contributed by atoms with Crippen molar-refractivity contribution >= 4 is 33.4 Å². The molecule has 1 aliphatic heterocycles. The number of hydrogen-bond acceptors (Lipinski definition) is 7. The first-order chi connectivity index (χ1) is 12.1. The van der Waals surface area contributed by atoms with Gasteiger partial charge in [0.25, 0.3) is 5.91 Å². The smallest absolute Gasteiger partial charge is 0.263 e. The molecule has 0 N–H and O–H groups in total. The number of anilines is 1. The average Bonchev–Trinajstić information content (AvgIpc) is 3.26. The zero-order chi connectivity index (χ0) is 17.4. The van der Waals surface area contributed by atoms with E-state index in [4.69, 9.17) is 0 Å². The first kappa shape index (κ1) is 15.9. The lowest BCUT2D eigenvalue weighted by Crippen LogP contribution is -2.23. The third-order valence-corrected chi connectivity index (χ3v) is 5.54. The molecule has 0 radical (unpaired) electrons. The zero-order valence-electron chi connectivity index (χ0n) is 14.1. The summed E-state index contributed by atoms with van der Waals surface area (Å²) in [6, 6.07) is 1.92. The molecular weight excluding hydrogens is 336 g/mol. The molecule has 0 bridgehead atoms. The van der Waals surface area contributed by atoms with E-state index in [0.717, 1.165) is 46.1 Å². The van der Waals surface area contributed by atoms with Gasteiger partial charge in [-0.3, -0.25) is 9.78 Å². The highest BCUT2D eigenvalue weighted by Gasteiger charge is 2.32. The minimum absolute atomic E-state index is 0.0142. The zero-order valence-corrected chi connectivity index (χ0v) is 14.9. The lowest BCUT2D eigenvalue weighted by atomic mass is 9.97. The molecule has 0 unspecified atom stereocenters. The highest BCUT2D eigenvalue weighted by Crippen LogP contribution is 2.39. The van der Waals surface area contributed by atoms with Crippen LogP contribution in [0.5, 0.6) is 0 Å². The molecule has 128 valence electrons. The van der Waals surface area contributed by atoms with E-state index in [0.29, 0.717) is 0 Å². The fourth-order valence-corrected chi connectivity index (χ4v) is 4.47. The van der Waals surface area contributed by atoms with Crippen LogP contribution in [0.3, 0.4) is 0 Å². The van der Waals surface area contributed by atoms with E-state index in [2.05, 4.69) is 24.8 Å². The van der Waals surface area contributed by atoms with Crippen LogP contribution in [0.15, 0.2) is 31.0 Å². The van der Waals surface area contributed by atoms with Crippen LogP contribution in [0.2, 0.25) is 0 Å². The first-order valence-corrected chi connectivity index (χ1v) is 8.93. The van der Waals surface area contributed by atoms with Crippen molar-refractivity contribution in [2.75, 3.05) is 32.1 Å². The van der Waals surface area contributed by atoms with Gasteiger partial charge in [-0.1, -0.05) is 0 Å². The molecule has 0 aliphatic carbocycles. The van der Waals surface area contributed by atoms with Crippen molar-refractivity contribution in [2.24, 2.45) is 0 Å². The predicted molar refractivity (Wildman–Crippen MR) is 97.0 cm³/mol. The van der Waals surface area contributed by atoms with Gasteiger partial charge < -0.3 is 9.80 Å². The van der Waals surface area contributed by atoms with Crippen molar-refractivity contribution in [1.29, 1.82) is 0 Å². The summed E-state index contributed by atoms with van der Waals surface area (Å²) in [5, 5.41) is 0. The minimum atomic E-state index is 0.0142. The summed E-state index contributed by atoms with van der Waals surface area (Å²) in [6.45, 7) is 1.71. The number of amides is 1. The van der Waals surface area contributed by atoms with Gasteiger partial charge in [-0.2, -0.15) is 0 Å². The Kier molecular flexibility index (Phi) is 4.04. The summed E-state index contributed by atoms with van der Waals surface area (Å²) in [6.07, 6.45) is 7.64. The normalized spacial score (nSPS) is 17.2. The molecule has 1 amide bonds. The van der Waals surface area contributed by atoms with Gasteiger partial charge >= 0.3 is 0 Å². The Balaban J connectivity index is 1.73. The highest BCUT2D eigenvalue weighted by atomic mass is 32.1. The Morgan fingerprint density at radius 2 is 2.08 bits per heavy atom. The second kappa shape index (κ2) is 6.36. The maximum atomic E-state index is 12.7. The molecule has 1 saturated heterocycles. The fraction of sp³-hybridized carbons (Fsp3) is 0.353.